The maximum Gasteiger partial charge on any atom is 0.418 e. The van der Waals surface area contributed by atoms with E-state index in [1.165, 1.54) is 0 Å². The van der Waals surface area contributed by atoms with Gasteiger partial charge in [0.15, 0.2) is 5.82 Å². The fourth-order valence-corrected chi connectivity index (χ4v) is 1.52. The molecule has 0 fully saturated rings. The second-order valence-electron chi connectivity index (χ2n) is 5.65. The lowest BCUT2D eigenvalue weighted by molar-refractivity contribution is 0.0337. The monoisotopic (exact) mass is 297 g/mol. The first kappa shape index (κ1) is 17.0. The lowest BCUT2D eigenvalue weighted by Crippen LogP contribution is -2.45. The van der Waals surface area contributed by atoms with Crippen molar-refractivity contribution in [2.45, 2.75) is 33.3 Å². The topological polar surface area (TPSA) is 102 Å². The van der Waals surface area contributed by atoms with E-state index in [0.717, 1.165) is 10.6 Å². The summed E-state index contributed by atoms with van der Waals surface area (Å²) in [6.45, 7) is 7.25. The second-order valence-corrected chi connectivity index (χ2v) is 5.65. The first-order chi connectivity index (χ1) is 9.64. The summed E-state index contributed by atoms with van der Waals surface area (Å²) in [5.74, 6) is 0.366. The van der Waals surface area contributed by atoms with Gasteiger partial charge in [0.2, 0.25) is 0 Å². The van der Waals surface area contributed by atoms with Gasteiger partial charge in [-0.25, -0.2) is 14.5 Å². The van der Waals surface area contributed by atoms with E-state index < -0.39 is 17.7 Å². The Morgan fingerprint density at radius 3 is 2.52 bits per heavy atom. The zero-order valence-electron chi connectivity index (χ0n) is 13.1. The van der Waals surface area contributed by atoms with Crippen LogP contribution in [0.5, 0.6) is 0 Å². The number of aromatic nitrogens is 2. The molecule has 8 nitrogen and oxygen atoms in total. The highest BCUT2D eigenvalue weighted by Gasteiger charge is 2.27. The van der Waals surface area contributed by atoms with E-state index in [9.17, 15) is 9.59 Å². The highest BCUT2D eigenvalue weighted by atomic mass is 16.6. The number of urea groups is 1. The van der Waals surface area contributed by atoms with Crippen LogP contribution in [0.1, 0.15) is 26.5 Å². The number of anilines is 1. The number of imide groups is 1. The van der Waals surface area contributed by atoms with Gasteiger partial charge in [0.1, 0.15) is 5.60 Å². The van der Waals surface area contributed by atoms with Crippen molar-refractivity contribution in [1.82, 2.24) is 14.7 Å². The number of carbonyl (C=O) groups is 2. The van der Waals surface area contributed by atoms with Crippen LogP contribution in [-0.4, -0.2) is 45.5 Å². The molecule has 1 aromatic heterocycles. The van der Waals surface area contributed by atoms with Gasteiger partial charge in [-0.05, 0) is 27.7 Å². The Hall–Kier alpha value is -2.09. The molecule has 118 valence electrons. The quantitative estimate of drug-likeness (QED) is 0.879. The van der Waals surface area contributed by atoms with Gasteiger partial charge in [-0.15, -0.1) is 0 Å². The van der Waals surface area contributed by atoms with Crippen molar-refractivity contribution in [2.24, 2.45) is 12.8 Å². The van der Waals surface area contributed by atoms with Crippen molar-refractivity contribution >= 4 is 17.9 Å². The van der Waals surface area contributed by atoms with E-state index in [2.05, 4.69) is 10.4 Å². The van der Waals surface area contributed by atoms with Gasteiger partial charge in [-0.1, -0.05) is 0 Å². The van der Waals surface area contributed by atoms with E-state index in [-0.39, 0.29) is 13.1 Å². The maximum absolute atomic E-state index is 12.2. The molecule has 0 radical (unpaired) electrons. The lowest BCUT2D eigenvalue weighted by Gasteiger charge is -2.25. The third kappa shape index (κ3) is 5.07. The number of carbonyl (C=O) groups excluding carboxylic acids is 2. The predicted octanol–water partition coefficient (Wildman–Crippen LogP) is 1.46. The molecule has 0 unspecified atom stereocenters. The molecule has 3 N–H and O–H groups in total. The molecule has 0 saturated heterocycles. The standard InChI is InChI=1S/C13H23N5O3/c1-9-8-10(16-17(9)5)15-11(19)18(7-6-14)12(20)21-13(2,3)4/h8H,6-7,14H2,1-5H3,(H,15,16,19). The largest absolute Gasteiger partial charge is 0.443 e. The van der Waals surface area contributed by atoms with E-state index in [0.29, 0.717) is 5.82 Å². The summed E-state index contributed by atoms with van der Waals surface area (Å²) in [4.78, 5) is 25.1. The minimum Gasteiger partial charge on any atom is -0.443 e. The maximum atomic E-state index is 12.2. The molecule has 0 saturated carbocycles. The summed E-state index contributed by atoms with van der Waals surface area (Å²) >= 11 is 0. The summed E-state index contributed by atoms with van der Waals surface area (Å²) in [6, 6.07) is 1.08. The van der Waals surface area contributed by atoms with Gasteiger partial charge < -0.3 is 10.5 Å². The highest BCUT2D eigenvalue weighted by molar-refractivity contribution is 5.98. The van der Waals surface area contributed by atoms with Crippen LogP contribution in [0.15, 0.2) is 6.07 Å². The average Bonchev–Trinajstić information content (AvgIpc) is 2.62. The number of nitrogens with one attached hydrogen (secondary N) is 1. The Labute approximate surface area is 124 Å². The molecule has 1 aromatic rings. The van der Waals surface area contributed by atoms with Gasteiger partial charge >= 0.3 is 12.1 Å². The Morgan fingerprint density at radius 2 is 2.10 bits per heavy atom. The van der Waals surface area contributed by atoms with Gasteiger partial charge in [-0.3, -0.25) is 10.00 Å². The average molecular weight is 297 g/mol. The van der Waals surface area contributed by atoms with Crippen molar-refractivity contribution < 1.29 is 14.3 Å². The minimum atomic E-state index is -0.738. The molecule has 0 aliphatic carbocycles. The zero-order valence-corrected chi connectivity index (χ0v) is 13.1. The molecule has 0 spiro atoms. The molecule has 0 atom stereocenters. The van der Waals surface area contributed by atoms with Crippen LogP contribution in [-0.2, 0) is 11.8 Å². The van der Waals surface area contributed by atoms with Gasteiger partial charge in [-0.2, -0.15) is 5.10 Å². The van der Waals surface area contributed by atoms with Crippen LogP contribution in [0.3, 0.4) is 0 Å². The first-order valence-electron chi connectivity index (χ1n) is 6.66. The van der Waals surface area contributed by atoms with Crippen LogP contribution in [0, 0.1) is 6.92 Å². The molecule has 8 heteroatoms. The first-order valence-corrected chi connectivity index (χ1v) is 6.66. The molecular weight excluding hydrogens is 274 g/mol. The number of amides is 3. The van der Waals surface area contributed by atoms with Crippen molar-refractivity contribution in [3.8, 4) is 0 Å². The highest BCUT2D eigenvalue weighted by Crippen LogP contribution is 2.12. The number of hydrogen-bond acceptors (Lipinski definition) is 5. The Morgan fingerprint density at radius 1 is 1.48 bits per heavy atom. The smallest absolute Gasteiger partial charge is 0.418 e. The summed E-state index contributed by atoms with van der Waals surface area (Å²) in [6.07, 6.45) is -0.738. The van der Waals surface area contributed by atoms with Crippen LogP contribution >= 0.6 is 0 Å². The Balaban J connectivity index is 2.79. The van der Waals surface area contributed by atoms with Crippen molar-refractivity contribution in [1.29, 1.82) is 0 Å². The van der Waals surface area contributed by atoms with E-state index in [1.807, 2.05) is 6.92 Å². The molecule has 0 aliphatic heterocycles. The second kappa shape index (κ2) is 6.57. The van der Waals surface area contributed by atoms with Gasteiger partial charge in [0.25, 0.3) is 0 Å². The van der Waals surface area contributed by atoms with E-state index in [1.54, 1.807) is 38.6 Å². The van der Waals surface area contributed by atoms with Gasteiger partial charge in [0.05, 0.1) is 0 Å². The SMILES string of the molecule is Cc1cc(NC(=O)N(CCN)C(=O)OC(C)(C)C)nn1C. The van der Waals surface area contributed by atoms with Gasteiger partial charge in [0, 0.05) is 31.9 Å². The molecule has 21 heavy (non-hydrogen) atoms. The molecule has 3 amide bonds. The van der Waals surface area contributed by atoms with E-state index >= 15 is 0 Å². The fraction of sp³-hybridized carbons (Fsp3) is 0.615. The molecule has 1 heterocycles. The summed E-state index contributed by atoms with van der Waals surface area (Å²) in [5, 5.41) is 6.66. The summed E-state index contributed by atoms with van der Waals surface area (Å²) in [5.41, 5.74) is 5.63. The number of nitrogens with two attached hydrogens (primary N) is 1. The van der Waals surface area contributed by atoms with Crippen molar-refractivity contribution in [2.75, 3.05) is 18.4 Å². The molecule has 0 aliphatic rings. The third-order valence-corrected chi connectivity index (χ3v) is 2.56. The fourth-order valence-electron chi connectivity index (χ4n) is 1.52. The van der Waals surface area contributed by atoms with Crippen LogP contribution in [0.25, 0.3) is 0 Å². The normalized spacial score (nSPS) is 11.1. The number of nitrogens with zero attached hydrogens (tertiary/aromatic N) is 3. The molecule has 0 aromatic carbocycles. The van der Waals surface area contributed by atoms with Crippen LogP contribution in [0.2, 0.25) is 0 Å². The summed E-state index contributed by atoms with van der Waals surface area (Å²) < 4.78 is 6.81. The Kier molecular flexibility index (Phi) is 5.31. The number of rotatable bonds is 3. The molecular formula is C13H23N5O3. The zero-order chi connectivity index (χ0) is 16.2. The van der Waals surface area contributed by atoms with Crippen molar-refractivity contribution in [3.63, 3.8) is 0 Å². The minimum absolute atomic E-state index is 0.0621. The van der Waals surface area contributed by atoms with Crippen LogP contribution < -0.4 is 11.1 Å². The molecule has 1 rings (SSSR count). The third-order valence-electron chi connectivity index (χ3n) is 2.56. The van der Waals surface area contributed by atoms with Crippen molar-refractivity contribution in [3.05, 3.63) is 11.8 Å². The number of aryl methyl sites for hydroxylation is 2. The number of hydrogen-bond donors (Lipinski definition) is 2. The lowest BCUT2D eigenvalue weighted by atomic mass is 10.2. The van der Waals surface area contributed by atoms with E-state index in [4.69, 9.17) is 10.5 Å². The number of ether oxygens (including phenoxy) is 1. The predicted molar refractivity (Wildman–Crippen MR) is 79.0 cm³/mol. The molecule has 0 bridgehead atoms. The van der Waals surface area contributed by atoms with Crippen LogP contribution in [0.4, 0.5) is 15.4 Å². The summed E-state index contributed by atoms with van der Waals surface area (Å²) in [7, 11) is 1.76. The Bertz CT molecular complexity index is 499.